The molecule has 0 aromatic heterocycles. The molecule has 5 heteroatoms. The standard InChI is InChI=1S/C65H106O5/c1-4-7-10-13-16-19-22-25-28-30-32-34-36-39-42-45-48-51-54-57-60-68-61-63(70-65(67)59-56-53-50-47-44-41-37-27-24-21-18-15-12-9-6-3)62-69-64(66)58-55-52-49-46-43-40-38-35-33-31-29-26-23-20-17-14-11-8-5-2/h7,10,16-21,25-29,32-35,37,39,42,48,51,63H,4-6,8-9,11-15,22-24,30-31,36,38,40-41,43-47,49-50,52-62H2,1-3H3/b10-7-,19-16-,20-17-,21-18-,28-25-,29-26-,34-32-,35-33-,37-27-,42-39-,51-48-. The van der Waals surface area contributed by atoms with Gasteiger partial charge in [-0.3, -0.25) is 9.59 Å². The number of unbranched alkanes of at least 4 members (excludes halogenated alkanes) is 18. The molecule has 0 saturated heterocycles. The highest BCUT2D eigenvalue weighted by Crippen LogP contribution is 2.13. The molecule has 1 atom stereocenters. The monoisotopic (exact) mass is 967 g/mol. The summed E-state index contributed by atoms with van der Waals surface area (Å²) in [4.78, 5) is 25.5. The number of carbonyl (C=O) groups excluding carboxylic acids is 2. The van der Waals surface area contributed by atoms with Crippen LogP contribution in [0, 0.1) is 0 Å². The molecule has 0 bridgehead atoms. The van der Waals surface area contributed by atoms with Crippen LogP contribution in [-0.2, 0) is 23.8 Å². The van der Waals surface area contributed by atoms with Crippen molar-refractivity contribution in [1.29, 1.82) is 0 Å². The van der Waals surface area contributed by atoms with Crippen LogP contribution in [0.5, 0.6) is 0 Å². The molecule has 0 fully saturated rings. The Morgan fingerprint density at radius 2 is 0.643 bits per heavy atom. The highest BCUT2D eigenvalue weighted by molar-refractivity contribution is 5.70. The van der Waals surface area contributed by atoms with Gasteiger partial charge < -0.3 is 14.2 Å². The first-order chi connectivity index (χ1) is 34.6. The summed E-state index contributed by atoms with van der Waals surface area (Å²) in [7, 11) is 0. The fourth-order valence-electron chi connectivity index (χ4n) is 7.39. The van der Waals surface area contributed by atoms with Gasteiger partial charge >= 0.3 is 11.9 Å². The molecule has 0 spiro atoms. The Morgan fingerprint density at radius 3 is 1.03 bits per heavy atom. The lowest BCUT2D eigenvalue weighted by Crippen LogP contribution is -2.30. The molecule has 0 rings (SSSR count). The molecular formula is C65H106O5. The van der Waals surface area contributed by atoms with Gasteiger partial charge in [0, 0.05) is 19.4 Å². The van der Waals surface area contributed by atoms with Crippen molar-refractivity contribution in [1.82, 2.24) is 0 Å². The molecule has 0 aliphatic carbocycles. The van der Waals surface area contributed by atoms with Gasteiger partial charge in [-0.15, -0.1) is 0 Å². The van der Waals surface area contributed by atoms with E-state index in [1.165, 1.54) is 83.5 Å². The number of hydrogen-bond acceptors (Lipinski definition) is 5. The topological polar surface area (TPSA) is 61.8 Å². The highest BCUT2D eigenvalue weighted by atomic mass is 16.6. The first-order valence-corrected chi connectivity index (χ1v) is 28.7. The van der Waals surface area contributed by atoms with Gasteiger partial charge in [-0.05, 0) is 135 Å². The third-order valence-corrected chi connectivity index (χ3v) is 11.6. The fraction of sp³-hybridized carbons (Fsp3) is 0.631. The van der Waals surface area contributed by atoms with Gasteiger partial charge in [0.25, 0.3) is 0 Å². The second-order valence-electron chi connectivity index (χ2n) is 18.4. The first-order valence-electron chi connectivity index (χ1n) is 28.7. The van der Waals surface area contributed by atoms with Crippen LogP contribution in [0.2, 0.25) is 0 Å². The molecule has 396 valence electrons. The normalized spacial score (nSPS) is 13.2. The summed E-state index contributed by atoms with van der Waals surface area (Å²) in [5, 5.41) is 0. The van der Waals surface area contributed by atoms with Crippen LogP contribution >= 0.6 is 0 Å². The summed E-state index contributed by atoms with van der Waals surface area (Å²) in [5.74, 6) is -0.466. The number of allylic oxidation sites excluding steroid dienone is 22. The Labute approximate surface area is 432 Å². The maximum atomic E-state index is 12.9. The molecule has 0 heterocycles. The Kier molecular flexibility index (Phi) is 56.0. The van der Waals surface area contributed by atoms with Crippen LogP contribution in [0.3, 0.4) is 0 Å². The van der Waals surface area contributed by atoms with Crippen molar-refractivity contribution in [2.45, 2.75) is 245 Å². The van der Waals surface area contributed by atoms with E-state index >= 15 is 0 Å². The Balaban J connectivity index is 4.45. The van der Waals surface area contributed by atoms with Gasteiger partial charge in [-0.25, -0.2) is 0 Å². The Hall–Kier alpha value is -3.96. The molecule has 0 radical (unpaired) electrons. The lowest BCUT2D eigenvalue weighted by Gasteiger charge is -2.18. The molecule has 0 aromatic rings. The van der Waals surface area contributed by atoms with Gasteiger partial charge in [0.1, 0.15) is 6.61 Å². The van der Waals surface area contributed by atoms with Crippen LogP contribution in [0.1, 0.15) is 239 Å². The third kappa shape index (κ3) is 56.6. The van der Waals surface area contributed by atoms with Crippen LogP contribution in [0.25, 0.3) is 0 Å². The van der Waals surface area contributed by atoms with Gasteiger partial charge in [-0.1, -0.05) is 225 Å². The largest absolute Gasteiger partial charge is 0.462 e. The minimum atomic E-state index is -0.590. The second kappa shape index (κ2) is 59.3. The van der Waals surface area contributed by atoms with Crippen molar-refractivity contribution in [3.05, 3.63) is 134 Å². The van der Waals surface area contributed by atoms with Crippen molar-refractivity contribution in [2.75, 3.05) is 19.8 Å². The molecule has 0 aliphatic rings. The van der Waals surface area contributed by atoms with Crippen molar-refractivity contribution in [2.24, 2.45) is 0 Å². The number of ether oxygens (including phenoxy) is 3. The summed E-state index contributed by atoms with van der Waals surface area (Å²) in [6, 6.07) is 0. The van der Waals surface area contributed by atoms with Crippen LogP contribution < -0.4 is 0 Å². The second-order valence-corrected chi connectivity index (χ2v) is 18.4. The predicted octanol–water partition coefficient (Wildman–Crippen LogP) is 19.9. The average molecular weight is 968 g/mol. The molecule has 70 heavy (non-hydrogen) atoms. The molecule has 0 aromatic carbocycles. The van der Waals surface area contributed by atoms with E-state index in [9.17, 15) is 9.59 Å². The van der Waals surface area contributed by atoms with E-state index in [0.717, 1.165) is 122 Å². The molecule has 0 aliphatic heterocycles. The van der Waals surface area contributed by atoms with Crippen molar-refractivity contribution < 1.29 is 23.8 Å². The Morgan fingerprint density at radius 1 is 0.329 bits per heavy atom. The van der Waals surface area contributed by atoms with Crippen LogP contribution in [0.15, 0.2) is 134 Å². The van der Waals surface area contributed by atoms with Gasteiger partial charge in [-0.2, -0.15) is 0 Å². The quantitative estimate of drug-likeness (QED) is 0.0345. The van der Waals surface area contributed by atoms with E-state index in [1.54, 1.807) is 0 Å². The lowest BCUT2D eigenvalue weighted by atomic mass is 10.1. The fourth-order valence-corrected chi connectivity index (χ4v) is 7.39. The zero-order chi connectivity index (χ0) is 50.6. The summed E-state index contributed by atoms with van der Waals surface area (Å²) < 4.78 is 17.4. The van der Waals surface area contributed by atoms with Gasteiger partial charge in [0.05, 0.1) is 6.61 Å². The molecule has 0 N–H and O–H groups in total. The molecule has 0 saturated carbocycles. The predicted molar refractivity (Wildman–Crippen MR) is 306 cm³/mol. The van der Waals surface area contributed by atoms with E-state index in [2.05, 4.69) is 154 Å². The summed E-state index contributed by atoms with van der Waals surface area (Å²) >= 11 is 0. The van der Waals surface area contributed by atoms with E-state index in [4.69, 9.17) is 14.2 Å². The maximum Gasteiger partial charge on any atom is 0.306 e. The zero-order valence-electron chi connectivity index (χ0n) is 45.5. The first kappa shape index (κ1) is 66.0. The number of carbonyl (C=O) groups is 2. The zero-order valence-corrected chi connectivity index (χ0v) is 45.5. The van der Waals surface area contributed by atoms with E-state index in [-0.39, 0.29) is 25.2 Å². The Bertz CT molecular complexity index is 1470. The minimum Gasteiger partial charge on any atom is -0.462 e. The van der Waals surface area contributed by atoms with E-state index in [1.807, 2.05) is 0 Å². The van der Waals surface area contributed by atoms with Crippen molar-refractivity contribution in [3.63, 3.8) is 0 Å². The SMILES string of the molecule is CC/C=C\C/C=C\C/C=C\C/C=C\C/C=C\C/C=C\CCCOCC(COC(=O)CCCCCCCC/C=C\C/C=C\C/C=C\CCCCC)OC(=O)CCCCCCC/C=C\C/C=C\CCCCC. The third-order valence-electron chi connectivity index (χ3n) is 11.6. The molecule has 0 amide bonds. The number of rotatable bonds is 51. The van der Waals surface area contributed by atoms with Crippen molar-refractivity contribution >= 4 is 11.9 Å². The van der Waals surface area contributed by atoms with Gasteiger partial charge in [0.2, 0.25) is 0 Å². The molecular weight excluding hydrogens is 861 g/mol. The highest BCUT2D eigenvalue weighted by Gasteiger charge is 2.17. The van der Waals surface area contributed by atoms with Gasteiger partial charge in [0.15, 0.2) is 6.10 Å². The van der Waals surface area contributed by atoms with Crippen molar-refractivity contribution in [3.8, 4) is 0 Å². The minimum absolute atomic E-state index is 0.0410. The summed E-state index contributed by atoms with van der Waals surface area (Å²) in [5.41, 5.74) is 0. The lowest BCUT2D eigenvalue weighted by molar-refractivity contribution is -0.163. The molecule has 1 unspecified atom stereocenters. The van der Waals surface area contributed by atoms with Crippen LogP contribution in [0.4, 0.5) is 0 Å². The van der Waals surface area contributed by atoms with E-state index in [0.29, 0.717) is 19.4 Å². The maximum absolute atomic E-state index is 12.9. The summed E-state index contributed by atoms with van der Waals surface area (Å²) in [6.45, 7) is 7.48. The number of hydrogen-bond donors (Lipinski definition) is 0. The van der Waals surface area contributed by atoms with Crippen LogP contribution in [-0.4, -0.2) is 37.9 Å². The molecule has 5 nitrogen and oxygen atoms in total. The summed E-state index contributed by atoms with van der Waals surface area (Å²) in [6.07, 6.45) is 84.8. The average Bonchev–Trinajstić information content (AvgIpc) is 3.36. The van der Waals surface area contributed by atoms with E-state index < -0.39 is 6.10 Å². The number of esters is 2. The smallest absolute Gasteiger partial charge is 0.306 e.